The van der Waals surface area contributed by atoms with Gasteiger partial charge in [0.1, 0.15) is 5.82 Å². The van der Waals surface area contributed by atoms with Crippen molar-refractivity contribution in [2.75, 3.05) is 7.11 Å². The predicted molar refractivity (Wildman–Crippen MR) is 151 cm³/mol. The molecule has 1 spiro atoms. The minimum Gasteiger partial charge on any atom is -0.469 e. The maximum atomic E-state index is 14.7. The fourth-order valence-electron chi connectivity index (χ4n) is 6.75. The smallest absolute Gasteiger partial charge is 0.308 e. The molecule has 0 atom stereocenters. The molecule has 4 nitrogen and oxygen atoms in total. The van der Waals surface area contributed by atoms with E-state index in [1.54, 1.807) is 12.1 Å². The minimum absolute atomic E-state index is 0.00964. The molecule has 0 unspecified atom stereocenters. The van der Waals surface area contributed by atoms with Crippen LogP contribution < -0.4 is 0 Å². The number of ether oxygens (including phenoxy) is 1. The van der Waals surface area contributed by atoms with E-state index in [2.05, 4.69) is 30.3 Å². The zero-order valence-corrected chi connectivity index (χ0v) is 22.9. The molecule has 2 fully saturated rings. The number of Topliss-reactive ketones (excluding diaryl/α,β-unsaturated/α-hetero) is 1. The van der Waals surface area contributed by atoms with Crippen LogP contribution in [-0.2, 0) is 16.1 Å². The molecule has 1 aromatic heterocycles. The molecule has 200 valence electrons. The van der Waals surface area contributed by atoms with E-state index in [1.807, 2.05) is 29.8 Å². The molecule has 0 bridgehead atoms. The highest BCUT2D eigenvalue weighted by atomic mass is 35.5. The van der Waals surface area contributed by atoms with E-state index in [0.717, 1.165) is 53.0 Å². The lowest BCUT2D eigenvalue weighted by Gasteiger charge is -2.57. The number of benzene rings is 3. The second kappa shape index (κ2) is 9.95. The van der Waals surface area contributed by atoms with Gasteiger partial charge in [-0.25, -0.2) is 4.39 Å². The van der Waals surface area contributed by atoms with Crippen LogP contribution in [0.4, 0.5) is 4.39 Å². The highest BCUT2D eigenvalue weighted by Gasteiger charge is 2.55. The zero-order chi connectivity index (χ0) is 27.3. The fraction of sp³-hybridized carbons (Fsp3) is 0.333. The van der Waals surface area contributed by atoms with Crippen molar-refractivity contribution in [3.63, 3.8) is 0 Å². The van der Waals surface area contributed by atoms with Crippen molar-refractivity contribution >= 4 is 34.3 Å². The number of hydrogen-bond donors (Lipinski definition) is 0. The van der Waals surface area contributed by atoms with Crippen LogP contribution >= 0.6 is 11.6 Å². The van der Waals surface area contributed by atoms with E-state index in [-0.39, 0.29) is 28.9 Å². The van der Waals surface area contributed by atoms with Crippen LogP contribution in [0.15, 0.2) is 66.9 Å². The number of esters is 1. The number of aromatic nitrogens is 1. The molecule has 6 rings (SSSR count). The van der Waals surface area contributed by atoms with Gasteiger partial charge in [-0.1, -0.05) is 48.0 Å². The maximum Gasteiger partial charge on any atom is 0.308 e. The van der Waals surface area contributed by atoms with Gasteiger partial charge in [0.2, 0.25) is 0 Å². The van der Waals surface area contributed by atoms with Crippen molar-refractivity contribution in [1.29, 1.82) is 0 Å². The molecule has 2 saturated carbocycles. The highest BCUT2D eigenvalue weighted by Crippen LogP contribution is 2.62. The second-order valence-corrected chi connectivity index (χ2v) is 11.9. The fourth-order valence-corrected chi connectivity index (χ4v) is 6.93. The normalized spacial score (nSPS) is 21.9. The van der Waals surface area contributed by atoms with E-state index in [4.69, 9.17) is 16.3 Å². The van der Waals surface area contributed by atoms with Gasteiger partial charge in [0.05, 0.1) is 18.5 Å². The van der Waals surface area contributed by atoms with Crippen LogP contribution in [0.5, 0.6) is 0 Å². The van der Waals surface area contributed by atoms with Gasteiger partial charge < -0.3 is 9.30 Å². The predicted octanol–water partition coefficient (Wildman–Crippen LogP) is 8.01. The number of hydrogen-bond acceptors (Lipinski definition) is 3. The Bertz CT molecular complexity index is 1570. The van der Waals surface area contributed by atoms with Gasteiger partial charge in [0.15, 0.2) is 5.78 Å². The lowest BCUT2D eigenvalue weighted by molar-refractivity contribution is -0.161. The number of halogens is 2. The summed E-state index contributed by atoms with van der Waals surface area (Å²) in [6, 6.07) is 19.1. The Morgan fingerprint density at radius 3 is 2.41 bits per heavy atom. The topological polar surface area (TPSA) is 48.3 Å². The van der Waals surface area contributed by atoms with Gasteiger partial charge in [0, 0.05) is 35.1 Å². The molecule has 2 aliphatic carbocycles. The van der Waals surface area contributed by atoms with Crippen molar-refractivity contribution in [1.82, 2.24) is 4.57 Å². The first-order valence-corrected chi connectivity index (χ1v) is 13.9. The molecule has 3 aromatic carbocycles. The lowest BCUT2D eigenvalue weighted by Crippen LogP contribution is -2.50. The van der Waals surface area contributed by atoms with Gasteiger partial charge in [-0.15, -0.1) is 0 Å². The van der Waals surface area contributed by atoms with Crippen molar-refractivity contribution in [2.45, 2.75) is 45.6 Å². The largest absolute Gasteiger partial charge is 0.469 e. The van der Waals surface area contributed by atoms with Crippen LogP contribution in [0.1, 0.15) is 53.6 Å². The van der Waals surface area contributed by atoms with Crippen LogP contribution in [-0.4, -0.2) is 23.4 Å². The summed E-state index contributed by atoms with van der Waals surface area (Å²) < 4.78 is 21.6. The molecule has 2 aliphatic rings. The van der Waals surface area contributed by atoms with Gasteiger partial charge in [-0.2, -0.15) is 0 Å². The molecule has 0 aliphatic heterocycles. The van der Waals surface area contributed by atoms with Crippen LogP contribution in [0.2, 0.25) is 5.02 Å². The molecule has 6 heteroatoms. The number of ketones is 1. The molecule has 4 aromatic rings. The number of carbonyl (C=O) groups is 2. The summed E-state index contributed by atoms with van der Waals surface area (Å²) in [6.07, 6.45) is 5.97. The van der Waals surface area contributed by atoms with Gasteiger partial charge >= 0.3 is 5.97 Å². The third-order valence-corrected chi connectivity index (χ3v) is 9.20. The first-order valence-electron chi connectivity index (χ1n) is 13.5. The first kappa shape index (κ1) is 25.8. The van der Waals surface area contributed by atoms with E-state index in [0.29, 0.717) is 35.3 Å². The Hall–Kier alpha value is -3.44. The zero-order valence-electron chi connectivity index (χ0n) is 22.2. The second-order valence-electron chi connectivity index (χ2n) is 11.5. The monoisotopic (exact) mass is 543 g/mol. The average Bonchev–Trinajstić information content (AvgIpc) is 3.31. The summed E-state index contributed by atoms with van der Waals surface area (Å²) >= 11 is 6.31. The van der Waals surface area contributed by atoms with Crippen LogP contribution in [0, 0.1) is 30.0 Å². The number of carbonyl (C=O) groups excluding carboxylic acids is 2. The molecule has 0 amide bonds. The lowest BCUT2D eigenvalue weighted by atomic mass is 9.47. The molecule has 0 saturated heterocycles. The summed E-state index contributed by atoms with van der Waals surface area (Å²) in [6.45, 7) is 2.51. The van der Waals surface area contributed by atoms with Crippen LogP contribution in [0.3, 0.4) is 0 Å². The summed E-state index contributed by atoms with van der Waals surface area (Å²) in [5, 5.41) is 1.21. The Morgan fingerprint density at radius 1 is 1.00 bits per heavy atom. The molecule has 0 N–H and O–H groups in total. The minimum atomic E-state index is -0.321. The van der Waals surface area contributed by atoms with Crippen LogP contribution in [0.25, 0.3) is 22.0 Å². The third-order valence-electron chi connectivity index (χ3n) is 8.80. The van der Waals surface area contributed by atoms with E-state index >= 15 is 0 Å². The van der Waals surface area contributed by atoms with E-state index < -0.39 is 0 Å². The summed E-state index contributed by atoms with van der Waals surface area (Å²) in [4.78, 5) is 25.2. The summed E-state index contributed by atoms with van der Waals surface area (Å²) in [7, 11) is 1.44. The standard InChI is InChI=1S/C33H31ClFNO3/c1-20-3-6-24(14-28(20)34)23-7-4-21(5-8-23)19-36-12-11-26-29(35)10-9-27(31(26)36)30(37)13-22-15-33(16-22)17-25(18-33)32(38)39-2/h3-12,14,22,25H,13,15-19H2,1-2H3. The number of rotatable bonds is 7. The number of nitrogens with zero attached hydrogens (tertiary/aromatic N) is 1. The Labute approximate surface area is 232 Å². The van der Waals surface area contributed by atoms with Gasteiger partial charge in [-0.05, 0) is 90.5 Å². The van der Waals surface area contributed by atoms with Gasteiger partial charge in [-0.3, -0.25) is 9.59 Å². The summed E-state index contributed by atoms with van der Waals surface area (Å²) in [5.41, 5.74) is 5.66. The quantitative estimate of drug-likeness (QED) is 0.175. The van der Waals surface area contributed by atoms with E-state index in [9.17, 15) is 14.0 Å². The molecule has 39 heavy (non-hydrogen) atoms. The van der Waals surface area contributed by atoms with Crippen molar-refractivity contribution < 1.29 is 18.7 Å². The average molecular weight is 544 g/mol. The maximum absolute atomic E-state index is 14.7. The van der Waals surface area contributed by atoms with Crippen molar-refractivity contribution in [3.05, 3.63) is 94.4 Å². The number of fused-ring (bicyclic) bond motifs is 1. The highest BCUT2D eigenvalue weighted by molar-refractivity contribution is 6.31. The molecule has 0 radical (unpaired) electrons. The number of methoxy groups -OCH3 is 1. The molecular weight excluding hydrogens is 513 g/mol. The summed E-state index contributed by atoms with van der Waals surface area (Å²) in [5.74, 6) is -0.0744. The Morgan fingerprint density at radius 2 is 1.72 bits per heavy atom. The van der Waals surface area contributed by atoms with Crippen molar-refractivity contribution in [2.24, 2.45) is 17.3 Å². The third kappa shape index (κ3) is 4.78. The number of aryl methyl sites for hydroxylation is 1. The molecular formula is C33H31ClFNO3. The molecule has 1 heterocycles. The Balaban J connectivity index is 1.17. The first-order chi connectivity index (χ1) is 18.7. The Kier molecular flexibility index (Phi) is 6.58. The van der Waals surface area contributed by atoms with E-state index in [1.165, 1.54) is 13.2 Å². The SMILES string of the molecule is COC(=O)C1CC2(CC(CC(=O)c3ccc(F)c4ccn(Cc5ccc(-c6ccc(C)c(Cl)c6)cc5)c34)C2)C1. The van der Waals surface area contributed by atoms with Crippen molar-refractivity contribution in [3.8, 4) is 11.1 Å². The van der Waals surface area contributed by atoms with Gasteiger partial charge in [0.25, 0.3) is 0 Å².